The summed E-state index contributed by atoms with van der Waals surface area (Å²) in [5.74, 6) is -0.338. The molecule has 0 bridgehead atoms. The largest absolute Gasteiger partial charge is 0.494 e. The molecule has 0 amide bonds. The van der Waals surface area contributed by atoms with Gasteiger partial charge in [-0.25, -0.2) is 4.39 Å². The van der Waals surface area contributed by atoms with Gasteiger partial charge in [-0.3, -0.25) is 0 Å². The Morgan fingerprint density at radius 3 is 2.64 bits per heavy atom. The molecule has 14 heavy (non-hydrogen) atoms. The quantitative estimate of drug-likeness (QED) is 0.769. The van der Waals surface area contributed by atoms with E-state index >= 15 is 0 Å². The fourth-order valence-electron chi connectivity index (χ4n) is 1.16. The Labute approximate surface area is 82.3 Å². The van der Waals surface area contributed by atoms with Gasteiger partial charge in [0.05, 0.1) is 13.2 Å². The monoisotopic (exact) mass is 199 g/mol. The van der Waals surface area contributed by atoms with E-state index < -0.39 is 18.0 Å². The molecule has 2 atom stereocenters. The van der Waals surface area contributed by atoms with Gasteiger partial charge < -0.3 is 15.6 Å². The average Bonchev–Trinajstić information content (AvgIpc) is 2.17. The molecular formula is C10H14FNO2. The topological polar surface area (TPSA) is 55.5 Å². The van der Waals surface area contributed by atoms with Crippen LogP contribution in [-0.4, -0.2) is 18.3 Å². The van der Waals surface area contributed by atoms with Crippen molar-refractivity contribution in [1.29, 1.82) is 0 Å². The minimum atomic E-state index is -0.801. The van der Waals surface area contributed by atoms with Crippen molar-refractivity contribution in [3.63, 3.8) is 0 Å². The fraction of sp³-hybridized carbons (Fsp3) is 0.400. The van der Waals surface area contributed by atoms with E-state index in [2.05, 4.69) is 0 Å². The van der Waals surface area contributed by atoms with Gasteiger partial charge in [0.2, 0.25) is 0 Å². The number of aliphatic hydroxyl groups excluding tert-OH is 1. The predicted molar refractivity (Wildman–Crippen MR) is 51.6 cm³/mol. The molecule has 0 aliphatic carbocycles. The second-order valence-corrected chi connectivity index (χ2v) is 3.20. The van der Waals surface area contributed by atoms with Crippen LogP contribution in [0.3, 0.4) is 0 Å². The van der Waals surface area contributed by atoms with Crippen LogP contribution in [0, 0.1) is 5.82 Å². The smallest absolute Gasteiger partial charge is 0.165 e. The lowest BCUT2D eigenvalue weighted by Gasteiger charge is -2.15. The van der Waals surface area contributed by atoms with Crippen LogP contribution >= 0.6 is 0 Å². The Bertz CT molecular complexity index is 315. The normalized spacial score (nSPS) is 14.9. The van der Waals surface area contributed by atoms with E-state index in [0.29, 0.717) is 5.56 Å². The van der Waals surface area contributed by atoms with Crippen molar-refractivity contribution in [3.05, 3.63) is 29.6 Å². The summed E-state index contributed by atoms with van der Waals surface area (Å²) in [5, 5.41) is 9.61. The van der Waals surface area contributed by atoms with Crippen LogP contribution in [-0.2, 0) is 0 Å². The van der Waals surface area contributed by atoms with E-state index in [1.54, 1.807) is 6.92 Å². The Morgan fingerprint density at radius 1 is 1.50 bits per heavy atom. The minimum Gasteiger partial charge on any atom is -0.494 e. The highest BCUT2D eigenvalue weighted by molar-refractivity contribution is 5.31. The maximum absolute atomic E-state index is 13.0. The number of nitrogens with two attached hydrogens (primary N) is 1. The molecule has 1 aromatic carbocycles. The number of hydrogen-bond acceptors (Lipinski definition) is 3. The molecule has 0 saturated heterocycles. The summed E-state index contributed by atoms with van der Waals surface area (Å²) in [6.07, 6.45) is -0.801. The first-order valence-electron chi connectivity index (χ1n) is 4.33. The van der Waals surface area contributed by atoms with Crippen molar-refractivity contribution in [1.82, 2.24) is 0 Å². The van der Waals surface area contributed by atoms with Crippen molar-refractivity contribution in [2.24, 2.45) is 5.73 Å². The number of hydrogen-bond donors (Lipinski definition) is 2. The zero-order valence-corrected chi connectivity index (χ0v) is 8.20. The van der Waals surface area contributed by atoms with Gasteiger partial charge in [-0.2, -0.15) is 0 Å². The molecule has 0 spiro atoms. The van der Waals surface area contributed by atoms with E-state index in [1.807, 2.05) is 0 Å². The van der Waals surface area contributed by atoms with E-state index in [4.69, 9.17) is 10.5 Å². The summed E-state index contributed by atoms with van der Waals surface area (Å²) in [6, 6.07) is 3.79. The highest BCUT2D eigenvalue weighted by atomic mass is 19.1. The van der Waals surface area contributed by atoms with Crippen LogP contribution in [0.1, 0.15) is 18.6 Å². The maximum Gasteiger partial charge on any atom is 0.165 e. The molecule has 0 heterocycles. The molecule has 3 N–H and O–H groups in total. The van der Waals surface area contributed by atoms with Crippen LogP contribution in [0.15, 0.2) is 18.2 Å². The van der Waals surface area contributed by atoms with Gasteiger partial charge in [-0.05, 0) is 24.6 Å². The lowest BCUT2D eigenvalue weighted by molar-refractivity contribution is 0.153. The number of benzene rings is 1. The zero-order valence-electron chi connectivity index (χ0n) is 8.20. The predicted octanol–water partition coefficient (Wildman–Crippen LogP) is 1.21. The number of rotatable bonds is 3. The molecule has 1 aromatic rings. The molecule has 3 nitrogen and oxygen atoms in total. The average molecular weight is 199 g/mol. The van der Waals surface area contributed by atoms with Crippen LogP contribution in [0.5, 0.6) is 5.75 Å². The standard InChI is InChI=1S/C10H14FNO2/c1-6(12)10(13)7-3-4-8(11)9(5-7)14-2/h3-6,10,13H,12H2,1-2H3. The van der Waals surface area contributed by atoms with Crippen molar-refractivity contribution >= 4 is 0 Å². The first-order chi connectivity index (χ1) is 6.56. The van der Waals surface area contributed by atoms with Crippen LogP contribution in [0.25, 0.3) is 0 Å². The van der Waals surface area contributed by atoms with Crippen LogP contribution in [0.4, 0.5) is 4.39 Å². The summed E-state index contributed by atoms with van der Waals surface area (Å²) in [5.41, 5.74) is 6.07. The summed E-state index contributed by atoms with van der Waals surface area (Å²) in [7, 11) is 1.38. The summed E-state index contributed by atoms with van der Waals surface area (Å²) in [4.78, 5) is 0. The van der Waals surface area contributed by atoms with Crippen LogP contribution in [0.2, 0.25) is 0 Å². The number of methoxy groups -OCH3 is 1. The fourth-order valence-corrected chi connectivity index (χ4v) is 1.16. The van der Waals surface area contributed by atoms with Gasteiger partial charge in [-0.1, -0.05) is 6.07 Å². The summed E-state index contributed by atoms with van der Waals surface area (Å²) in [6.45, 7) is 1.68. The first kappa shape index (κ1) is 10.9. The Kier molecular flexibility index (Phi) is 3.43. The van der Waals surface area contributed by atoms with Gasteiger partial charge in [0.1, 0.15) is 0 Å². The van der Waals surface area contributed by atoms with Gasteiger partial charge in [0.15, 0.2) is 11.6 Å². The van der Waals surface area contributed by atoms with Gasteiger partial charge in [0.25, 0.3) is 0 Å². The van der Waals surface area contributed by atoms with E-state index in [-0.39, 0.29) is 5.75 Å². The van der Waals surface area contributed by atoms with Gasteiger partial charge in [0, 0.05) is 6.04 Å². The van der Waals surface area contributed by atoms with Gasteiger partial charge in [-0.15, -0.1) is 0 Å². The zero-order chi connectivity index (χ0) is 10.7. The van der Waals surface area contributed by atoms with Crippen molar-refractivity contribution < 1.29 is 14.2 Å². The number of halogens is 1. The third kappa shape index (κ3) is 2.21. The maximum atomic E-state index is 13.0. The lowest BCUT2D eigenvalue weighted by atomic mass is 10.0. The molecular weight excluding hydrogens is 185 g/mol. The molecule has 0 aromatic heterocycles. The highest BCUT2D eigenvalue weighted by Crippen LogP contribution is 2.23. The van der Waals surface area contributed by atoms with Gasteiger partial charge >= 0.3 is 0 Å². The number of aliphatic hydroxyl groups is 1. The number of ether oxygens (including phenoxy) is 1. The highest BCUT2D eigenvalue weighted by Gasteiger charge is 2.14. The Balaban J connectivity index is 3.00. The van der Waals surface area contributed by atoms with Crippen molar-refractivity contribution in [2.75, 3.05) is 7.11 Å². The Hall–Kier alpha value is -1.13. The van der Waals surface area contributed by atoms with E-state index in [0.717, 1.165) is 0 Å². The van der Waals surface area contributed by atoms with Crippen molar-refractivity contribution in [2.45, 2.75) is 19.1 Å². The second-order valence-electron chi connectivity index (χ2n) is 3.20. The lowest BCUT2D eigenvalue weighted by Crippen LogP contribution is -2.24. The summed E-state index contributed by atoms with van der Waals surface area (Å²) >= 11 is 0. The molecule has 0 aliphatic rings. The van der Waals surface area contributed by atoms with E-state index in [9.17, 15) is 9.50 Å². The third-order valence-corrected chi connectivity index (χ3v) is 2.01. The second kappa shape index (κ2) is 4.39. The molecule has 4 heteroatoms. The molecule has 1 rings (SSSR count). The van der Waals surface area contributed by atoms with Crippen molar-refractivity contribution in [3.8, 4) is 5.75 Å². The molecule has 0 aliphatic heterocycles. The molecule has 78 valence electrons. The van der Waals surface area contributed by atoms with Crippen LogP contribution < -0.4 is 10.5 Å². The summed E-state index contributed by atoms with van der Waals surface area (Å²) < 4.78 is 17.8. The molecule has 0 saturated carbocycles. The Morgan fingerprint density at radius 2 is 2.14 bits per heavy atom. The molecule has 2 unspecified atom stereocenters. The van der Waals surface area contributed by atoms with E-state index in [1.165, 1.54) is 25.3 Å². The third-order valence-electron chi connectivity index (χ3n) is 2.01. The SMILES string of the molecule is COc1cc(C(O)C(C)N)ccc1F. The minimum absolute atomic E-state index is 0.113. The molecule has 0 radical (unpaired) electrons. The first-order valence-corrected chi connectivity index (χ1v) is 4.33. The molecule has 0 fully saturated rings.